The quantitative estimate of drug-likeness (QED) is 0.366. The fraction of sp³-hybridized carbons (Fsp3) is 0.370. The molecule has 0 saturated heterocycles. The second-order valence-corrected chi connectivity index (χ2v) is 9.02. The Balaban J connectivity index is 2.04. The molecule has 1 aliphatic heterocycles. The van der Waals surface area contributed by atoms with Crippen LogP contribution >= 0.6 is 0 Å². The summed E-state index contributed by atoms with van der Waals surface area (Å²) in [5, 5.41) is 1.36. The minimum absolute atomic E-state index is 0.0101. The maximum atomic E-state index is 4.69. The SMILES string of the molecule is C=C1C2(CC)c3c(C)cc(C)cc3-c3ccc4c(C)cc(C)cc4[n+]3C12CC. The van der Waals surface area contributed by atoms with Gasteiger partial charge in [-0.05, 0) is 68.5 Å². The van der Waals surface area contributed by atoms with Crippen molar-refractivity contribution in [1.82, 2.24) is 0 Å². The van der Waals surface area contributed by atoms with E-state index in [1.165, 1.54) is 55.6 Å². The van der Waals surface area contributed by atoms with Crippen LogP contribution in [0.15, 0.2) is 48.6 Å². The summed E-state index contributed by atoms with van der Waals surface area (Å²) in [7, 11) is 0. The van der Waals surface area contributed by atoms with Crippen LogP contribution < -0.4 is 4.57 Å². The van der Waals surface area contributed by atoms with Crippen molar-refractivity contribution in [1.29, 1.82) is 0 Å². The normalized spacial score (nSPS) is 24.7. The fourth-order valence-electron chi connectivity index (χ4n) is 6.70. The summed E-state index contributed by atoms with van der Waals surface area (Å²) in [6, 6.07) is 14.1. The van der Waals surface area contributed by atoms with Crippen LogP contribution in [0.1, 0.15) is 54.5 Å². The van der Waals surface area contributed by atoms with Crippen LogP contribution in [0.5, 0.6) is 0 Å². The zero-order valence-corrected chi connectivity index (χ0v) is 18.0. The van der Waals surface area contributed by atoms with Gasteiger partial charge in [0.15, 0.2) is 0 Å². The lowest BCUT2D eigenvalue weighted by Crippen LogP contribution is -2.55. The molecule has 1 aliphatic carbocycles. The number of allylic oxidation sites excluding steroid dienone is 1. The van der Waals surface area contributed by atoms with Crippen molar-refractivity contribution in [3.05, 3.63) is 76.4 Å². The van der Waals surface area contributed by atoms with Crippen molar-refractivity contribution in [3.8, 4) is 11.3 Å². The van der Waals surface area contributed by atoms with Gasteiger partial charge in [-0.1, -0.05) is 38.1 Å². The number of pyridine rings is 1. The first-order chi connectivity index (χ1) is 13.3. The Morgan fingerprint density at radius 1 is 0.857 bits per heavy atom. The van der Waals surface area contributed by atoms with Crippen molar-refractivity contribution in [2.24, 2.45) is 0 Å². The summed E-state index contributed by atoms with van der Waals surface area (Å²) in [4.78, 5) is 0. The molecule has 0 bridgehead atoms. The van der Waals surface area contributed by atoms with Gasteiger partial charge in [-0.25, -0.2) is 0 Å². The van der Waals surface area contributed by atoms with Crippen LogP contribution in [-0.2, 0) is 11.0 Å². The average Bonchev–Trinajstić information content (AvgIpc) is 3.20. The van der Waals surface area contributed by atoms with E-state index in [1.54, 1.807) is 0 Å². The first-order valence-corrected chi connectivity index (χ1v) is 10.6. The highest BCUT2D eigenvalue weighted by Gasteiger charge is 2.81. The van der Waals surface area contributed by atoms with Crippen molar-refractivity contribution >= 4 is 10.9 Å². The molecule has 0 radical (unpaired) electrons. The third-order valence-corrected chi connectivity index (χ3v) is 7.66. The van der Waals surface area contributed by atoms with Crippen LogP contribution in [0.4, 0.5) is 0 Å². The van der Waals surface area contributed by atoms with Crippen molar-refractivity contribution in [3.63, 3.8) is 0 Å². The van der Waals surface area contributed by atoms with Gasteiger partial charge in [0.2, 0.25) is 16.7 Å². The van der Waals surface area contributed by atoms with Crippen LogP contribution in [0, 0.1) is 27.7 Å². The highest BCUT2D eigenvalue weighted by Crippen LogP contribution is 2.71. The molecule has 0 amide bonds. The standard InChI is InChI=1S/C27H30N/c1-8-26-20(7)27(26,9-2)28-23(22-14-16(3)13-19(6)25(22)26)11-10-21-18(5)12-17(4)15-24(21)28/h10-15H,7-9H2,1-6H3/q+1. The molecule has 28 heavy (non-hydrogen) atoms. The largest absolute Gasteiger partial charge is 0.214 e. The third kappa shape index (κ3) is 1.72. The number of benzene rings is 2. The number of hydrogen-bond donors (Lipinski definition) is 0. The minimum Gasteiger partial charge on any atom is -0.180 e. The van der Waals surface area contributed by atoms with Gasteiger partial charge in [0.1, 0.15) is 0 Å². The highest BCUT2D eigenvalue weighted by atomic mass is 15.2. The lowest BCUT2D eigenvalue weighted by Gasteiger charge is -2.30. The second-order valence-electron chi connectivity index (χ2n) is 9.02. The van der Waals surface area contributed by atoms with Crippen molar-refractivity contribution in [2.75, 3.05) is 0 Å². The molecular formula is C27H30N+. The van der Waals surface area contributed by atoms with Crippen molar-refractivity contribution in [2.45, 2.75) is 65.3 Å². The number of fused-ring (bicyclic) bond motifs is 8. The van der Waals surface area contributed by atoms with E-state index in [9.17, 15) is 0 Å². The van der Waals surface area contributed by atoms with Gasteiger partial charge in [-0.15, -0.1) is 0 Å². The number of aryl methyl sites for hydroxylation is 4. The van der Waals surface area contributed by atoms with Gasteiger partial charge in [0.05, 0.1) is 11.0 Å². The molecule has 1 fully saturated rings. The van der Waals surface area contributed by atoms with Gasteiger partial charge in [0.25, 0.3) is 0 Å². The zero-order chi connectivity index (χ0) is 20.0. The molecule has 142 valence electrons. The third-order valence-electron chi connectivity index (χ3n) is 7.66. The Labute approximate surface area is 168 Å². The minimum atomic E-state index is -0.0101. The van der Waals surface area contributed by atoms with Gasteiger partial charge < -0.3 is 0 Å². The molecule has 2 aliphatic rings. The number of nitrogens with zero attached hydrogens (tertiary/aromatic N) is 1. The Bertz CT molecular complexity index is 1200. The van der Waals surface area contributed by atoms with Crippen LogP contribution in [0.3, 0.4) is 0 Å². The van der Waals surface area contributed by atoms with E-state index < -0.39 is 0 Å². The first-order valence-electron chi connectivity index (χ1n) is 10.6. The van der Waals surface area contributed by atoms with Gasteiger partial charge >= 0.3 is 0 Å². The van der Waals surface area contributed by atoms with E-state index in [2.05, 4.69) is 89.1 Å². The molecule has 3 aromatic rings. The predicted molar refractivity (Wildman–Crippen MR) is 118 cm³/mol. The van der Waals surface area contributed by atoms with E-state index in [4.69, 9.17) is 0 Å². The van der Waals surface area contributed by atoms with Gasteiger partial charge in [-0.3, -0.25) is 0 Å². The van der Waals surface area contributed by atoms with E-state index >= 15 is 0 Å². The van der Waals surface area contributed by atoms with Gasteiger partial charge in [0, 0.05) is 29.5 Å². The molecule has 1 saturated carbocycles. The van der Waals surface area contributed by atoms with Crippen LogP contribution in [0.2, 0.25) is 0 Å². The van der Waals surface area contributed by atoms with Gasteiger partial charge in [-0.2, -0.15) is 4.57 Å². The smallest absolute Gasteiger partial charge is 0.180 e. The molecule has 2 aromatic carbocycles. The molecule has 0 N–H and O–H groups in total. The summed E-state index contributed by atoms with van der Waals surface area (Å²) in [6.07, 6.45) is 2.18. The summed E-state index contributed by atoms with van der Waals surface area (Å²) in [6.45, 7) is 18.3. The lowest BCUT2D eigenvalue weighted by atomic mass is 9.76. The Morgan fingerprint density at radius 3 is 2.21 bits per heavy atom. The fourth-order valence-corrected chi connectivity index (χ4v) is 6.70. The van der Waals surface area contributed by atoms with E-state index in [0.29, 0.717) is 0 Å². The lowest BCUT2D eigenvalue weighted by molar-refractivity contribution is -0.707. The average molecular weight is 369 g/mol. The number of hydrogen-bond acceptors (Lipinski definition) is 0. The molecule has 0 spiro atoms. The molecular weight excluding hydrogens is 338 g/mol. The summed E-state index contributed by atoms with van der Waals surface area (Å²) in [5.41, 5.74) is 12.5. The number of rotatable bonds is 2. The van der Waals surface area contributed by atoms with E-state index in [1.807, 2.05) is 0 Å². The van der Waals surface area contributed by atoms with Crippen molar-refractivity contribution < 1.29 is 4.57 Å². The van der Waals surface area contributed by atoms with Crippen LogP contribution in [-0.4, -0.2) is 0 Å². The summed E-state index contributed by atoms with van der Waals surface area (Å²) in [5.74, 6) is 0. The molecule has 2 atom stereocenters. The van der Waals surface area contributed by atoms with E-state index in [-0.39, 0.29) is 11.0 Å². The van der Waals surface area contributed by atoms with E-state index in [0.717, 1.165) is 12.8 Å². The maximum Gasteiger partial charge on any atom is 0.214 e. The zero-order valence-electron chi connectivity index (χ0n) is 18.0. The monoisotopic (exact) mass is 368 g/mol. The second kappa shape index (κ2) is 5.35. The first kappa shape index (κ1) is 17.7. The topological polar surface area (TPSA) is 3.88 Å². The number of aromatic nitrogens is 1. The molecule has 2 unspecified atom stereocenters. The molecule has 5 rings (SSSR count). The predicted octanol–water partition coefficient (Wildman–Crippen LogP) is 6.36. The molecule has 1 nitrogen and oxygen atoms in total. The molecule has 1 aromatic heterocycles. The Hall–Kier alpha value is -2.41. The Morgan fingerprint density at radius 2 is 1.54 bits per heavy atom. The Kier molecular flexibility index (Phi) is 3.37. The summed E-state index contributed by atoms with van der Waals surface area (Å²) >= 11 is 0. The maximum absolute atomic E-state index is 4.69. The summed E-state index contributed by atoms with van der Waals surface area (Å²) < 4.78 is 2.66. The molecule has 1 heteroatoms. The van der Waals surface area contributed by atoms with Crippen LogP contribution in [0.25, 0.3) is 22.2 Å². The molecule has 2 heterocycles. The highest BCUT2D eigenvalue weighted by molar-refractivity contribution is 5.85.